The second kappa shape index (κ2) is 10.6. The molecule has 3 rings (SSSR count). The molecule has 142 valence electrons. The van der Waals surface area contributed by atoms with E-state index in [2.05, 4.69) is 40.5 Å². The van der Waals surface area contributed by atoms with Crippen LogP contribution >= 0.6 is 35.3 Å². The van der Waals surface area contributed by atoms with E-state index in [1.807, 2.05) is 18.3 Å². The van der Waals surface area contributed by atoms with Crippen molar-refractivity contribution in [3.05, 3.63) is 39.8 Å². The van der Waals surface area contributed by atoms with E-state index in [0.29, 0.717) is 13.3 Å². The molecule has 0 bridgehead atoms. The lowest BCUT2D eigenvalue weighted by molar-refractivity contribution is 0.174. The number of rotatable bonds is 7. The van der Waals surface area contributed by atoms with Crippen LogP contribution in [0.5, 0.6) is 11.5 Å². The molecule has 0 spiro atoms. The van der Waals surface area contributed by atoms with Crippen LogP contribution in [-0.4, -0.2) is 30.8 Å². The van der Waals surface area contributed by atoms with Gasteiger partial charge in [-0.1, -0.05) is 13.0 Å². The normalized spacial score (nSPS) is 12.6. The molecule has 0 atom stereocenters. The molecule has 2 N–H and O–H groups in total. The Morgan fingerprint density at radius 1 is 1.23 bits per heavy atom. The van der Waals surface area contributed by atoms with Gasteiger partial charge in [0.15, 0.2) is 17.5 Å². The van der Waals surface area contributed by atoms with E-state index in [1.54, 1.807) is 11.3 Å². The number of guanidine groups is 1. The van der Waals surface area contributed by atoms with Gasteiger partial charge in [0, 0.05) is 24.2 Å². The molecule has 0 saturated heterocycles. The Labute approximate surface area is 175 Å². The summed E-state index contributed by atoms with van der Waals surface area (Å²) in [6.07, 6.45) is 3.85. The monoisotopic (exact) mass is 488 g/mol. The number of nitrogens with one attached hydrogen (secondary N) is 2. The molecule has 2 aromatic rings. The van der Waals surface area contributed by atoms with Crippen molar-refractivity contribution < 1.29 is 9.47 Å². The number of halogens is 1. The molecule has 1 aromatic carbocycles. The van der Waals surface area contributed by atoms with Crippen LogP contribution in [0.2, 0.25) is 0 Å². The fourth-order valence-corrected chi connectivity index (χ4v) is 3.28. The smallest absolute Gasteiger partial charge is 0.231 e. The Hall–Kier alpha value is -1.55. The quantitative estimate of drug-likeness (QED) is 0.356. The Kier molecular flexibility index (Phi) is 8.43. The topological polar surface area (TPSA) is 67.8 Å². The first kappa shape index (κ1) is 20.8. The van der Waals surface area contributed by atoms with Crippen LogP contribution in [0.15, 0.2) is 29.4 Å². The Bertz CT molecular complexity index is 736. The second-order valence-electron chi connectivity index (χ2n) is 5.63. The molecule has 2 heterocycles. The molecular formula is C18H25IN4O2S. The number of fused-ring (bicyclic) bond motifs is 1. The van der Waals surface area contributed by atoms with Gasteiger partial charge in [0.25, 0.3) is 0 Å². The standard InChI is InChI=1S/C18H24N4O2S.HI/c1-3-14-10-21-17(25-14)11-22-18(19-4-2)20-8-7-13-5-6-15-16(9-13)24-12-23-15;/h5-6,9-10H,3-4,7-8,11-12H2,1-2H3,(H2,19,20,22);1H. The summed E-state index contributed by atoms with van der Waals surface area (Å²) in [6.45, 7) is 6.74. The molecule has 1 aliphatic heterocycles. The molecule has 6 nitrogen and oxygen atoms in total. The van der Waals surface area contributed by atoms with Crippen molar-refractivity contribution in [1.82, 2.24) is 15.6 Å². The average molecular weight is 488 g/mol. The van der Waals surface area contributed by atoms with E-state index < -0.39 is 0 Å². The van der Waals surface area contributed by atoms with Crippen LogP contribution in [-0.2, 0) is 19.4 Å². The third kappa shape index (κ3) is 5.73. The summed E-state index contributed by atoms with van der Waals surface area (Å²) in [5.41, 5.74) is 1.21. The molecule has 26 heavy (non-hydrogen) atoms. The van der Waals surface area contributed by atoms with Gasteiger partial charge in [0.1, 0.15) is 5.01 Å². The first-order chi connectivity index (χ1) is 12.3. The fraction of sp³-hybridized carbons (Fsp3) is 0.444. The molecule has 1 aromatic heterocycles. The maximum absolute atomic E-state index is 5.42. The van der Waals surface area contributed by atoms with E-state index >= 15 is 0 Å². The maximum atomic E-state index is 5.42. The van der Waals surface area contributed by atoms with Crippen LogP contribution in [0.1, 0.15) is 29.3 Å². The summed E-state index contributed by atoms with van der Waals surface area (Å²) in [4.78, 5) is 10.3. The number of aromatic nitrogens is 1. The van der Waals surface area contributed by atoms with Crippen molar-refractivity contribution in [1.29, 1.82) is 0 Å². The molecule has 0 radical (unpaired) electrons. The van der Waals surface area contributed by atoms with Crippen molar-refractivity contribution in [2.24, 2.45) is 4.99 Å². The zero-order chi connectivity index (χ0) is 17.5. The van der Waals surface area contributed by atoms with Gasteiger partial charge in [0.05, 0.1) is 6.54 Å². The van der Waals surface area contributed by atoms with Gasteiger partial charge in [-0.2, -0.15) is 0 Å². The lowest BCUT2D eigenvalue weighted by Gasteiger charge is -2.11. The zero-order valence-electron chi connectivity index (χ0n) is 15.1. The molecule has 0 aliphatic carbocycles. The van der Waals surface area contributed by atoms with E-state index in [-0.39, 0.29) is 24.0 Å². The summed E-state index contributed by atoms with van der Waals surface area (Å²) in [5, 5.41) is 7.69. The van der Waals surface area contributed by atoms with Gasteiger partial charge in [-0.3, -0.25) is 0 Å². The molecule has 0 amide bonds. The second-order valence-corrected chi connectivity index (χ2v) is 6.83. The van der Waals surface area contributed by atoms with Crippen LogP contribution in [0, 0.1) is 0 Å². The number of thiazole rings is 1. The minimum absolute atomic E-state index is 0. The van der Waals surface area contributed by atoms with E-state index in [4.69, 9.17) is 9.47 Å². The first-order valence-electron chi connectivity index (χ1n) is 8.62. The fourth-order valence-electron chi connectivity index (χ4n) is 2.49. The lowest BCUT2D eigenvalue weighted by Crippen LogP contribution is -2.38. The van der Waals surface area contributed by atoms with Gasteiger partial charge < -0.3 is 20.1 Å². The van der Waals surface area contributed by atoms with Crippen LogP contribution in [0.3, 0.4) is 0 Å². The Morgan fingerprint density at radius 2 is 2.08 bits per heavy atom. The van der Waals surface area contributed by atoms with Crippen molar-refractivity contribution in [2.75, 3.05) is 19.9 Å². The number of aliphatic imine (C=N–C) groups is 1. The number of benzene rings is 1. The van der Waals surface area contributed by atoms with E-state index in [9.17, 15) is 0 Å². The minimum Gasteiger partial charge on any atom is -0.454 e. The SMILES string of the molecule is CCNC(=NCc1ncc(CC)s1)NCCc1ccc2c(c1)OCO2.I. The first-order valence-corrected chi connectivity index (χ1v) is 9.44. The summed E-state index contributed by atoms with van der Waals surface area (Å²) >= 11 is 1.73. The van der Waals surface area contributed by atoms with Gasteiger partial charge in [-0.05, 0) is 37.5 Å². The molecule has 0 saturated carbocycles. The van der Waals surface area contributed by atoms with Crippen molar-refractivity contribution in [2.45, 2.75) is 33.2 Å². The predicted molar refractivity (Wildman–Crippen MR) is 116 cm³/mol. The van der Waals surface area contributed by atoms with Gasteiger partial charge in [0.2, 0.25) is 6.79 Å². The Morgan fingerprint density at radius 3 is 2.85 bits per heavy atom. The average Bonchev–Trinajstić information content (AvgIpc) is 3.28. The summed E-state index contributed by atoms with van der Waals surface area (Å²) in [7, 11) is 0. The largest absolute Gasteiger partial charge is 0.454 e. The number of nitrogens with zero attached hydrogens (tertiary/aromatic N) is 2. The third-order valence-corrected chi connectivity index (χ3v) is 4.94. The van der Waals surface area contributed by atoms with Gasteiger partial charge in [-0.15, -0.1) is 35.3 Å². The van der Waals surface area contributed by atoms with E-state index in [0.717, 1.165) is 48.4 Å². The van der Waals surface area contributed by atoms with Crippen LogP contribution in [0.4, 0.5) is 0 Å². The van der Waals surface area contributed by atoms with Gasteiger partial charge >= 0.3 is 0 Å². The maximum Gasteiger partial charge on any atom is 0.231 e. The van der Waals surface area contributed by atoms with Crippen molar-refractivity contribution in [3.8, 4) is 11.5 Å². The molecular weight excluding hydrogens is 463 g/mol. The third-order valence-electron chi connectivity index (χ3n) is 3.81. The van der Waals surface area contributed by atoms with Crippen LogP contribution in [0.25, 0.3) is 0 Å². The number of hydrogen-bond donors (Lipinski definition) is 2. The zero-order valence-corrected chi connectivity index (χ0v) is 18.2. The highest BCUT2D eigenvalue weighted by Crippen LogP contribution is 2.32. The highest BCUT2D eigenvalue weighted by Gasteiger charge is 2.12. The molecule has 0 unspecified atom stereocenters. The highest BCUT2D eigenvalue weighted by atomic mass is 127. The predicted octanol–water partition coefficient (Wildman–Crippen LogP) is 3.35. The number of hydrogen-bond acceptors (Lipinski definition) is 5. The molecule has 8 heteroatoms. The summed E-state index contributed by atoms with van der Waals surface area (Å²) in [6, 6.07) is 6.07. The number of ether oxygens (including phenoxy) is 2. The summed E-state index contributed by atoms with van der Waals surface area (Å²) in [5.74, 6) is 2.46. The lowest BCUT2D eigenvalue weighted by atomic mass is 10.1. The van der Waals surface area contributed by atoms with Crippen molar-refractivity contribution in [3.63, 3.8) is 0 Å². The number of aryl methyl sites for hydroxylation is 1. The van der Waals surface area contributed by atoms with Crippen molar-refractivity contribution >= 4 is 41.3 Å². The van der Waals surface area contributed by atoms with Gasteiger partial charge in [-0.25, -0.2) is 9.98 Å². The Balaban J connectivity index is 0.00000243. The summed E-state index contributed by atoms with van der Waals surface area (Å²) < 4.78 is 10.8. The van der Waals surface area contributed by atoms with E-state index in [1.165, 1.54) is 10.4 Å². The molecule has 0 fully saturated rings. The van der Waals surface area contributed by atoms with Crippen LogP contribution < -0.4 is 20.1 Å². The highest BCUT2D eigenvalue weighted by molar-refractivity contribution is 14.0. The molecule has 1 aliphatic rings. The minimum atomic E-state index is 0.